The molecule has 3 atom stereocenters. The zero-order valence-corrected chi connectivity index (χ0v) is 13.6. The first-order chi connectivity index (χ1) is 10.9. The van der Waals surface area contributed by atoms with Crippen LogP contribution in [0.25, 0.3) is 0 Å². The highest BCUT2D eigenvalue weighted by Gasteiger charge is 2.48. The highest BCUT2D eigenvalue weighted by Crippen LogP contribution is 2.45. The van der Waals surface area contributed by atoms with Crippen molar-refractivity contribution in [2.75, 3.05) is 12.3 Å². The largest absolute Gasteiger partial charge is 0.508 e. The Morgan fingerprint density at radius 1 is 1.30 bits per heavy atom. The van der Waals surface area contributed by atoms with Crippen LogP contribution in [0.4, 0.5) is 8.78 Å². The molecule has 1 unspecified atom stereocenters. The SMILES string of the molecule is O=S(=O)(C[C@@H]1C[C@H]1C(F)F)N1CCCCC1c1cccc(O)c1. The molecule has 7 heteroatoms. The van der Waals surface area contributed by atoms with E-state index in [1.807, 2.05) is 0 Å². The van der Waals surface area contributed by atoms with E-state index in [2.05, 4.69) is 0 Å². The minimum atomic E-state index is -3.58. The van der Waals surface area contributed by atoms with Gasteiger partial charge in [0, 0.05) is 18.5 Å². The van der Waals surface area contributed by atoms with Crippen LogP contribution in [0.3, 0.4) is 0 Å². The van der Waals surface area contributed by atoms with Gasteiger partial charge in [-0.1, -0.05) is 18.6 Å². The second kappa shape index (κ2) is 6.36. The Morgan fingerprint density at radius 2 is 2.09 bits per heavy atom. The van der Waals surface area contributed by atoms with Crippen molar-refractivity contribution in [2.24, 2.45) is 11.8 Å². The molecule has 23 heavy (non-hydrogen) atoms. The number of nitrogens with zero attached hydrogens (tertiary/aromatic N) is 1. The molecule has 1 aromatic rings. The van der Waals surface area contributed by atoms with E-state index in [0.29, 0.717) is 19.4 Å². The molecule has 0 radical (unpaired) electrons. The van der Waals surface area contributed by atoms with E-state index in [9.17, 15) is 22.3 Å². The lowest BCUT2D eigenvalue weighted by molar-refractivity contribution is 0.117. The van der Waals surface area contributed by atoms with E-state index in [1.54, 1.807) is 24.3 Å². The molecule has 3 rings (SSSR count). The number of hydrogen-bond donors (Lipinski definition) is 1. The quantitative estimate of drug-likeness (QED) is 0.892. The summed E-state index contributed by atoms with van der Waals surface area (Å²) in [5.74, 6) is -1.29. The van der Waals surface area contributed by atoms with Crippen LogP contribution in [-0.2, 0) is 10.0 Å². The van der Waals surface area contributed by atoms with Crippen molar-refractivity contribution >= 4 is 10.0 Å². The van der Waals surface area contributed by atoms with Gasteiger partial charge in [0.15, 0.2) is 0 Å². The molecular weight excluding hydrogens is 324 g/mol. The number of halogens is 2. The lowest BCUT2D eigenvalue weighted by atomic mass is 9.97. The molecule has 0 aromatic heterocycles. The summed E-state index contributed by atoms with van der Waals surface area (Å²) >= 11 is 0. The fraction of sp³-hybridized carbons (Fsp3) is 0.625. The third-order valence-corrected chi connectivity index (χ3v) is 6.79. The minimum Gasteiger partial charge on any atom is -0.508 e. The average molecular weight is 345 g/mol. The van der Waals surface area contributed by atoms with E-state index < -0.39 is 28.3 Å². The molecule has 1 saturated heterocycles. The highest BCUT2D eigenvalue weighted by molar-refractivity contribution is 7.89. The molecule has 2 fully saturated rings. The summed E-state index contributed by atoms with van der Waals surface area (Å²) in [6.45, 7) is 0.411. The summed E-state index contributed by atoms with van der Waals surface area (Å²) < 4.78 is 52.1. The zero-order valence-electron chi connectivity index (χ0n) is 12.7. The standard InChI is InChI=1S/C16H21F2NO3S/c17-16(18)14-9-12(14)10-23(21,22)19-7-2-1-6-15(19)11-4-3-5-13(20)8-11/h3-5,8,12,14-16,20H,1-2,6-7,9-10H2/t12-,14+,15?/m0/s1. The van der Waals surface area contributed by atoms with Gasteiger partial charge >= 0.3 is 0 Å². The van der Waals surface area contributed by atoms with Crippen molar-refractivity contribution in [3.63, 3.8) is 0 Å². The van der Waals surface area contributed by atoms with Gasteiger partial charge < -0.3 is 5.11 Å². The topological polar surface area (TPSA) is 57.6 Å². The fourth-order valence-corrected chi connectivity index (χ4v) is 5.58. The monoisotopic (exact) mass is 345 g/mol. The van der Waals surface area contributed by atoms with Gasteiger partial charge in [0.1, 0.15) is 5.75 Å². The Kier molecular flexibility index (Phi) is 4.60. The first kappa shape index (κ1) is 16.6. The minimum absolute atomic E-state index is 0.102. The summed E-state index contributed by atoms with van der Waals surface area (Å²) in [5, 5.41) is 9.63. The molecule has 1 aromatic carbocycles. The molecular formula is C16H21F2NO3S. The van der Waals surface area contributed by atoms with Crippen molar-refractivity contribution < 1.29 is 22.3 Å². The molecule has 1 aliphatic heterocycles. The lowest BCUT2D eigenvalue weighted by Gasteiger charge is -2.35. The maximum atomic E-state index is 12.7. The number of hydrogen-bond acceptors (Lipinski definition) is 3. The predicted molar refractivity (Wildman–Crippen MR) is 82.8 cm³/mol. The van der Waals surface area contributed by atoms with Crippen LogP contribution in [0, 0.1) is 11.8 Å². The molecule has 1 saturated carbocycles. The Balaban J connectivity index is 1.78. The van der Waals surface area contributed by atoms with Crippen LogP contribution in [0.15, 0.2) is 24.3 Å². The third kappa shape index (κ3) is 3.66. The van der Waals surface area contributed by atoms with Gasteiger partial charge in [-0.15, -0.1) is 0 Å². The number of piperidine rings is 1. The predicted octanol–water partition coefficient (Wildman–Crippen LogP) is 3.15. The Hall–Kier alpha value is -1.21. The van der Waals surface area contributed by atoms with Crippen LogP contribution in [0.1, 0.15) is 37.3 Å². The number of aromatic hydroxyl groups is 1. The van der Waals surface area contributed by atoms with Gasteiger partial charge in [0.05, 0.1) is 5.75 Å². The van der Waals surface area contributed by atoms with Gasteiger partial charge in [-0.25, -0.2) is 17.2 Å². The second-order valence-electron chi connectivity index (χ2n) is 6.49. The normalized spacial score (nSPS) is 28.9. The number of rotatable bonds is 5. The Bertz CT molecular complexity index is 665. The van der Waals surface area contributed by atoms with Gasteiger partial charge in [0.25, 0.3) is 0 Å². The third-order valence-electron chi connectivity index (χ3n) is 4.79. The molecule has 4 nitrogen and oxygen atoms in total. The molecule has 128 valence electrons. The number of benzene rings is 1. The van der Waals surface area contributed by atoms with Gasteiger partial charge in [-0.3, -0.25) is 0 Å². The van der Waals surface area contributed by atoms with Crippen LogP contribution in [-0.4, -0.2) is 36.6 Å². The first-order valence-corrected chi connectivity index (χ1v) is 9.56. The first-order valence-electron chi connectivity index (χ1n) is 7.95. The summed E-state index contributed by atoms with van der Waals surface area (Å²) in [7, 11) is -3.58. The van der Waals surface area contributed by atoms with Crippen LogP contribution >= 0.6 is 0 Å². The van der Waals surface area contributed by atoms with E-state index in [4.69, 9.17) is 0 Å². The summed E-state index contributed by atoms with van der Waals surface area (Å²) in [6.07, 6.45) is 0.235. The van der Waals surface area contributed by atoms with E-state index in [1.165, 1.54) is 4.31 Å². The number of phenols is 1. The second-order valence-corrected chi connectivity index (χ2v) is 8.46. The number of sulfonamides is 1. The molecule has 2 aliphatic rings. The fourth-order valence-electron chi connectivity index (χ4n) is 3.44. The van der Waals surface area contributed by atoms with Crippen LogP contribution in [0.2, 0.25) is 0 Å². The smallest absolute Gasteiger partial charge is 0.241 e. The van der Waals surface area contributed by atoms with Crippen molar-refractivity contribution in [3.05, 3.63) is 29.8 Å². The summed E-state index contributed by atoms with van der Waals surface area (Å²) in [4.78, 5) is 0. The van der Waals surface area contributed by atoms with E-state index in [0.717, 1.165) is 18.4 Å². The molecule has 1 heterocycles. The van der Waals surface area contributed by atoms with Gasteiger partial charge in [-0.2, -0.15) is 4.31 Å². The molecule has 0 spiro atoms. The van der Waals surface area contributed by atoms with Crippen LogP contribution < -0.4 is 0 Å². The average Bonchev–Trinajstić information content (AvgIpc) is 3.26. The summed E-state index contributed by atoms with van der Waals surface area (Å²) in [6, 6.07) is 6.31. The molecule has 1 N–H and O–H groups in total. The van der Waals surface area contributed by atoms with Gasteiger partial charge in [-0.05, 0) is 42.9 Å². The van der Waals surface area contributed by atoms with Crippen LogP contribution in [0.5, 0.6) is 5.75 Å². The molecule has 0 bridgehead atoms. The zero-order chi connectivity index (χ0) is 16.6. The van der Waals surface area contributed by atoms with E-state index >= 15 is 0 Å². The van der Waals surface area contributed by atoms with E-state index in [-0.39, 0.29) is 17.5 Å². The lowest BCUT2D eigenvalue weighted by Crippen LogP contribution is -2.40. The number of alkyl halides is 2. The van der Waals surface area contributed by atoms with Crippen molar-refractivity contribution in [3.8, 4) is 5.75 Å². The number of phenolic OH excluding ortho intramolecular Hbond substituents is 1. The van der Waals surface area contributed by atoms with Gasteiger partial charge in [0.2, 0.25) is 16.4 Å². The highest BCUT2D eigenvalue weighted by atomic mass is 32.2. The van der Waals surface area contributed by atoms with Crippen molar-refractivity contribution in [1.29, 1.82) is 0 Å². The maximum Gasteiger partial charge on any atom is 0.241 e. The molecule has 0 amide bonds. The Labute approximate surface area is 135 Å². The summed E-state index contributed by atoms with van der Waals surface area (Å²) in [5.41, 5.74) is 0.759. The maximum absolute atomic E-state index is 12.7. The Morgan fingerprint density at radius 3 is 2.74 bits per heavy atom. The van der Waals surface area contributed by atoms with Crippen molar-refractivity contribution in [1.82, 2.24) is 4.31 Å². The molecule has 1 aliphatic carbocycles. The van der Waals surface area contributed by atoms with Crippen molar-refractivity contribution in [2.45, 2.75) is 38.2 Å².